The Kier molecular flexibility index (Phi) is 6.31. The lowest BCUT2D eigenvalue weighted by Crippen LogP contribution is -2.49. The molecule has 90 valence electrons. The first kappa shape index (κ1) is 14.8. The molecule has 0 aromatic rings. The van der Waals surface area contributed by atoms with Crippen LogP contribution in [0.25, 0.3) is 0 Å². The van der Waals surface area contributed by atoms with Crippen LogP contribution in [0.15, 0.2) is 0 Å². The molecule has 6 heteroatoms. The fraction of sp³-hybridized carbons (Fsp3) is 0.889. The lowest BCUT2D eigenvalue weighted by molar-refractivity contribution is 0.269. The molecule has 4 nitrogen and oxygen atoms in total. The Morgan fingerprint density at radius 2 is 1.53 bits per heavy atom. The van der Waals surface area contributed by atoms with Gasteiger partial charge in [0, 0.05) is 26.2 Å². The van der Waals surface area contributed by atoms with Crippen molar-refractivity contribution in [2.24, 2.45) is 0 Å². The third-order valence-corrected chi connectivity index (χ3v) is 3.71. The summed E-state index contributed by atoms with van der Waals surface area (Å²) < 4.78 is 23.8. The van der Waals surface area contributed by atoms with E-state index in [-0.39, 0.29) is 0 Å². The molecule has 0 spiro atoms. The lowest BCUT2D eigenvalue weighted by atomic mass is 10.4. The van der Waals surface area contributed by atoms with Crippen LogP contribution >= 0.6 is 12.2 Å². The van der Waals surface area contributed by atoms with Crippen molar-refractivity contribution >= 4 is 27.2 Å². The number of thiocarbonyl (C=S) groups is 1. The van der Waals surface area contributed by atoms with Gasteiger partial charge in [-0.25, -0.2) is 8.42 Å². The molecule has 1 heterocycles. The molecule has 0 N–H and O–H groups in total. The summed E-state index contributed by atoms with van der Waals surface area (Å²) >= 11 is 5.01. The molecule has 0 radical (unpaired) electrons. The Hall–Kier alpha value is -0.200. The Morgan fingerprint density at radius 3 is 1.80 bits per heavy atom. The second-order valence-corrected chi connectivity index (χ2v) is 5.74. The number of hydrogen-bond acceptors (Lipinski definition) is 3. The molecule has 1 rings (SSSR count). The summed E-state index contributed by atoms with van der Waals surface area (Å²) in [6, 6.07) is 0. The number of rotatable bonds is 1. The molecule has 0 aromatic carbocycles. The van der Waals surface area contributed by atoms with Gasteiger partial charge in [-0.15, -0.1) is 0 Å². The van der Waals surface area contributed by atoms with Crippen LogP contribution in [0, 0.1) is 0 Å². The minimum Gasteiger partial charge on any atom is -0.364 e. The van der Waals surface area contributed by atoms with Gasteiger partial charge in [0.2, 0.25) is 10.0 Å². The molecule has 0 saturated carbocycles. The molecular weight excluding hydrogens is 232 g/mol. The van der Waals surface area contributed by atoms with Crippen molar-refractivity contribution in [3.8, 4) is 0 Å². The first-order valence-electron chi connectivity index (χ1n) is 5.12. The van der Waals surface area contributed by atoms with Gasteiger partial charge < -0.3 is 4.90 Å². The molecule has 0 aliphatic carbocycles. The first-order chi connectivity index (χ1) is 6.91. The highest BCUT2D eigenvalue weighted by molar-refractivity contribution is 7.88. The lowest BCUT2D eigenvalue weighted by Gasteiger charge is -2.33. The molecule has 15 heavy (non-hydrogen) atoms. The van der Waals surface area contributed by atoms with Crippen LogP contribution in [0.1, 0.15) is 20.8 Å². The smallest absolute Gasteiger partial charge is 0.211 e. The number of nitrogens with zero attached hydrogens (tertiary/aromatic N) is 2. The van der Waals surface area contributed by atoms with Crippen molar-refractivity contribution in [2.45, 2.75) is 20.8 Å². The fourth-order valence-corrected chi connectivity index (χ4v) is 2.34. The third-order valence-electron chi connectivity index (χ3n) is 2.15. The Balaban J connectivity index is 0.000000921. The van der Waals surface area contributed by atoms with Crippen LogP contribution in [-0.2, 0) is 10.0 Å². The average Bonchev–Trinajstić information content (AvgIpc) is 2.20. The van der Waals surface area contributed by atoms with E-state index in [1.165, 1.54) is 10.6 Å². The predicted octanol–water partition coefficient (Wildman–Crippen LogP) is 0.937. The van der Waals surface area contributed by atoms with Crippen molar-refractivity contribution in [1.82, 2.24) is 9.21 Å². The van der Waals surface area contributed by atoms with Gasteiger partial charge in [0.15, 0.2) is 0 Å². The molecule has 1 aliphatic rings. The Labute approximate surface area is 98.3 Å². The standard InChI is InChI=1S/C7H14N2O2S2.C2H6/c1-7(12)8-3-5-9(6-4-8)13(2,10)11;1-2/h3-6H2,1-2H3;1-2H3. The van der Waals surface area contributed by atoms with Crippen molar-refractivity contribution in [2.75, 3.05) is 32.4 Å². The predicted molar refractivity (Wildman–Crippen MR) is 67.6 cm³/mol. The van der Waals surface area contributed by atoms with E-state index < -0.39 is 10.0 Å². The summed E-state index contributed by atoms with van der Waals surface area (Å²) in [5.41, 5.74) is 0. The zero-order valence-electron chi connectivity index (χ0n) is 9.86. The zero-order chi connectivity index (χ0) is 12.1. The van der Waals surface area contributed by atoms with Crippen molar-refractivity contribution in [3.05, 3.63) is 0 Å². The SMILES string of the molecule is CC.CC(=S)N1CCN(S(C)(=O)=O)CC1. The monoisotopic (exact) mass is 252 g/mol. The average molecular weight is 252 g/mol. The number of piperazine rings is 1. The van der Waals surface area contributed by atoms with Gasteiger partial charge in [-0.2, -0.15) is 4.31 Å². The maximum atomic E-state index is 11.1. The molecule has 0 atom stereocenters. The van der Waals surface area contributed by atoms with Crippen LogP contribution in [0.5, 0.6) is 0 Å². The van der Waals surface area contributed by atoms with Gasteiger partial charge in [-0.05, 0) is 6.92 Å². The van der Waals surface area contributed by atoms with E-state index >= 15 is 0 Å². The third kappa shape index (κ3) is 4.90. The van der Waals surface area contributed by atoms with Gasteiger partial charge in [-0.3, -0.25) is 0 Å². The van der Waals surface area contributed by atoms with E-state index in [2.05, 4.69) is 0 Å². The molecule has 0 amide bonds. The van der Waals surface area contributed by atoms with Gasteiger partial charge in [0.05, 0.1) is 11.2 Å². The van der Waals surface area contributed by atoms with Crippen LogP contribution in [0.2, 0.25) is 0 Å². The van der Waals surface area contributed by atoms with Crippen LogP contribution in [-0.4, -0.2) is 55.0 Å². The van der Waals surface area contributed by atoms with E-state index in [1.807, 2.05) is 25.7 Å². The maximum Gasteiger partial charge on any atom is 0.211 e. The van der Waals surface area contributed by atoms with E-state index in [1.54, 1.807) is 0 Å². The maximum absolute atomic E-state index is 11.1. The minimum atomic E-state index is -3.01. The molecule has 1 fully saturated rings. The summed E-state index contributed by atoms with van der Waals surface area (Å²) in [6.45, 7) is 8.38. The fourth-order valence-electron chi connectivity index (χ4n) is 1.33. The van der Waals surface area contributed by atoms with E-state index in [0.29, 0.717) is 26.2 Å². The van der Waals surface area contributed by atoms with E-state index in [0.717, 1.165) is 4.99 Å². The van der Waals surface area contributed by atoms with Gasteiger partial charge >= 0.3 is 0 Å². The molecule has 0 bridgehead atoms. The molecular formula is C9H20N2O2S2. The zero-order valence-corrected chi connectivity index (χ0v) is 11.5. The number of sulfonamides is 1. The Morgan fingerprint density at radius 1 is 1.13 bits per heavy atom. The minimum absolute atomic E-state index is 0.548. The van der Waals surface area contributed by atoms with Crippen molar-refractivity contribution < 1.29 is 8.42 Å². The largest absolute Gasteiger partial charge is 0.364 e. The van der Waals surface area contributed by atoms with Gasteiger partial charge in [-0.1, -0.05) is 26.1 Å². The molecule has 0 aromatic heterocycles. The van der Waals surface area contributed by atoms with Crippen molar-refractivity contribution in [3.63, 3.8) is 0 Å². The van der Waals surface area contributed by atoms with Crippen LogP contribution in [0.3, 0.4) is 0 Å². The van der Waals surface area contributed by atoms with Crippen LogP contribution in [0.4, 0.5) is 0 Å². The summed E-state index contributed by atoms with van der Waals surface area (Å²) in [4.78, 5) is 2.87. The van der Waals surface area contributed by atoms with E-state index in [9.17, 15) is 8.42 Å². The Bertz CT molecular complexity index is 293. The van der Waals surface area contributed by atoms with Gasteiger partial charge in [0.1, 0.15) is 0 Å². The molecule has 1 aliphatic heterocycles. The van der Waals surface area contributed by atoms with Crippen molar-refractivity contribution in [1.29, 1.82) is 0 Å². The van der Waals surface area contributed by atoms with Gasteiger partial charge in [0.25, 0.3) is 0 Å². The van der Waals surface area contributed by atoms with Crippen LogP contribution < -0.4 is 0 Å². The second-order valence-electron chi connectivity index (χ2n) is 3.17. The van der Waals surface area contributed by atoms with E-state index in [4.69, 9.17) is 12.2 Å². The summed E-state index contributed by atoms with van der Waals surface area (Å²) in [7, 11) is -3.01. The molecule has 1 saturated heterocycles. The highest BCUT2D eigenvalue weighted by Crippen LogP contribution is 2.06. The molecule has 0 unspecified atom stereocenters. The highest BCUT2D eigenvalue weighted by Gasteiger charge is 2.22. The normalized spacial score (nSPS) is 18.0. The first-order valence-corrected chi connectivity index (χ1v) is 7.37. The summed E-state index contributed by atoms with van der Waals surface area (Å²) in [5.74, 6) is 0. The summed E-state index contributed by atoms with van der Waals surface area (Å²) in [6.07, 6.45) is 1.24. The number of hydrogen-bond donors (Lipinski definition) is 0. The highest BCUT2D eigenvalue weighted by atomic mass is 32.2. The quantitative estimate of drug-likeness (QED) is 0.651. The topological polar surface area (TPSA) is 40.6 Å². The second kappa shape index (κ2) is 6.40. The summed E-state index contributed by atoms with van der Waals surface area (Å²) in [5, 5.41) is 0.